The summed E-state index contributed by atoms with van der Waals surface area (Å²) in [6, 6.07) is 4.67. The Morgan fingerprint density at radius 3 is 2.76 bits per heavy atom. The van der Waals surface area contributed by atoms with Gasteiger partial charge in [0.15, 0.2) is 5.96 Å². The van der Waals surface area contributed by atoms with Crippen molar-refractivity contribution < 1.29 is 9.21 Å². The molecule has 7 nitrogen and oxygen atoms in total. The lowest BCUT2D eigenvalue weighted by molar-refractivity contribution is -0.127. The summed E-state index contributed by atoms with van der Waals surface area (Å²) in [6.07, 6.45) is 9.46. The van der Waals surface area contributed by atoms with Crippen LogP contribution in [-0.4, -0.2) is 68.0 Å². The van der Waals surface area contributed by atoms with E-state index in [1.165, 1.54) is 38.5 Å². The van der Waals surface area contributed by atoms with E-state index in [1.54, 1.807) is 25.3 Å². The highest BCUT2D eigenvalue weighted by molar-refractivity contribution is 5.85. The van der Waals surface area contributed by atoms with Crippen molar-refractivity contribution in [2.45, 2.75) is 50.6 Å². The van der Waals surface area contributed by atoms with E-state index in [1.807, 2.05) is 6.07 Å². The molecule has 1 aromatic rings. The van der Waals surface area contributed by atoms with Crippen LogP contribution in [0.4, 0.5) is 0 Å². The number of hydrogen-bond donors (Lipinski definition) is 2. The van der Waals surface area contributed by atoms with Crippen LogP contribution in [0.15, 0.2) is 27.8 Å². The summed E-state index contributed by atoms with van der Waals surface area (Å²) in [6.45, 7) is 3.07. The van der Waals surface area contributed by atoms with E-state index in [9.17, 15) is 4.79 Å². The van der Waals surface area contributed by atoms with E-state index >= 15 is 0 Å². The lowest BCUT2D eigenvalue weighted by Crippen LogP contribution is -2.48. The van der Waals surface area contributed by atoms with Crippen LogP contribution in [0.5, 0.6) is 0 Å². The van der Waals surface area contributed by atoms with Gasteiger partial charge in [-0.3, -0.25) is 9.69 Å². The fourth-order valence-electron chi connectivity index (χ4n) is 5.17. The second kappa shape index (κ2) is 9.20. The van der Waals surface area contributed by atoms with Crippen molar-refractivity contribution in [1.82, 2.24) is 20.4 Å². The zero-order chi connectivity index (χ0) is 20.2. The minimum absolute atomic E-state index is 0.0150. The van der Waals surface area contributed by atoms with Crippen LogP contribution in [0.2, 0.25) is 0 Å². The third kappa shape index (κ3) is 4.94. The Morgan fingerprint density at radius 1 is 1.31 bits per heavy atom. The van der Waals surface area contributed by atoms with Crippen LogP contribution in [0.3, 0.4) is 0 Å². The number of guanidine groups is 1. The number of amides is 1. The Bertz CT molecular complexity index is 696. The maximum Gasteiger partial charge on any atom is 0.243 e. The molecule has 29 heavy (non-hydrogen) atoms. The van der Waals surface area contributed by atoms with Gasteiger partial charge in [-0.25, -0.2) is 4.99 Å². The quantitative estimate of drug-likeness (QED) is 0.541. The summed E-state index contributed by atoms with van der Waals surface area (Å²) in [5, 5.41) is 7.18. The summed E-state index contributed by atoms with van der Waals surface area (Å²) in [5.41, 5.74) is 0. The molecule has 2 aliphatic carbocycles. The molecule has 0 spiro atoms. The summed E-state index contributed by atoms with van der Waals surface area (Å²) in [5.74, 6) is 3.37. The van der Waals surface area contributed by atoms with Gasteiger partial charge in [0.1, 0.15) is 12.3 Å². The highest BCUT2D eigenvalue weighted by Gasteiger charge is 2.40. The molecule has 1 saturated heterocycles. The number of furan rings is 1. The first kappa shape index (κ1) is 20.3. The summed E-state index contributed by atoms with van der Waals surface area (Å²) in [7, 11) is 3.54. The van der Waals surface area contributed by atoms with Gasteiger partial charge >= 0.3 is 0 Å². The van der Waals surface area contributed by atoms with Crippen molar-refractivity contribution >= 4 is 11.9 Å². The van der Waals surface area contributed by atoms with E-state index < -0.39 is 0 Å². The molecule has 2 bridgehead atoms. The topological polar surface area (TPSA) is 73.1 Å². The number of nitrogens with one attached hydrogen (secondary N) is 2. The monoisotopic (exact) mass is 401 g/mol. The Kier molecular flexibility index (Phi) is 6.43. The maximum atomic E-state index is 12.1. The SMILES string of the molecule is CN(C)C(=O)CN=C(NCC(c1ccco1)N1CCCC1)NC1CC2CCC1C2. The van der Waals surface area contributed by atoms with Crippen LogP contribution in [0, 0.1) is 11.8 Å². The Morgan fingerprint density at radius 2 is 2.14 bits per heavy atom. The van der Waals surface area contributed by atoms with Crippen molar-refractivity contribution in [2.75, 3.05) is 40.3 Å². The molecule has 1 amide bonds. The van der Waals surface area contributed by atoms with Gasteiger partial charge in [0.25, 0.3) is 0 Å². The Hall–Kier alpha value is -2.02. The average molecular weight is 402 g/mol. The first-order valence-corrected chi connectivity index (χ1v) is 11.1. The molecule has 7 heteroatoms. The Labute approximate surface area is 173 Å². The third-order valence-corrected chi connectivity index (χ3v) is 6.85. The predicted octanol–water partition coefficient (Wildman–Crippen LogP) is 2.23. The highest BCUT2D eigenvalue weighted by Crippen LogP contribution is 2.44. The van der Waals surface area contributed by atoms with Gasteiger partial charge in [-0.2, -0.15) is 0 Å². The Balaban J connectivity index is 1.43. The van der Waals surface area contributed by atoms with Crippen molar-refractivity contribution in [1.29, 1.82) is 0 Å². The molecule has 4 unspecified atom stereocenters. The van der Waals surface area contributed by atoms with Crippen molar-refractivity contribution in [2.24, 2.45) is 16.8 Å². The number of likely N-dealkylation sites (tertiary alicyclic amines) is 1. The number of likely N-dealkylation sites (N-methyl/N-ethyl adjacent to an activating group) is 1. The lowest BCUT2D eigenvalue weighted by Gasteiger charge is -2.29. The van der Waals surface area contributed by atoms with Gasteiger partial charge in [-0.15, -0.1) is 0 Å². The third-order valence-electron chi connectivity index (χ3n) is 6.85. The maximum absolute atomic E-state index is 12.1. The van der Waals surface area contributed by atoms with Crippen molar-refractivity contribution in [3.05, 3.63) is 24.2 Å². The smallest absolute Gasteiger partial charge is 0.243 e. The molecular formula is C22H35N5O2. The minimum atomic E-state index is 0.0150. The normalized spacial score (nSPS) is 27.9. The fraction of sp³-hybridized carbons (Fsp3) is 0.727. The van der Waals surface area contributed by atoms with E-state index in [4.69, 9.17) is 4.42 Å². The second-order valence-electron chi connectivity index (χ2n) is 9.03. The number of fused-ring (bicyclic) bond motifs is 2. The zero-order valence-electron chi connectivity index (χ0n) is 17.8. The molecule has 2 N–H and O–H groups in total. The molecule has 4 atom stereocenters. The molecule has 2 saturated carbocycles. The molecule has 1 aliphatic heterocycles. The van der Waals surface area contributed by atoms with E-state index in [2.05, 4.69) is 26.6 Å². The highest BCUT2D eigenvalue weighted by atomic mass is 16.3. The molecule has 0 aromatic carbocycles. The predicted molar refractivity (Wildman–Crippen MR) is 114 cm³/mol. The van der Waals surface area contributed by atoms with Gasteiger partial charge in [-0.1, -0.05) is 6.42 Å². The average Bonchev–Trinajstić information content (AvgIpc) is 3.51. The molecule has 3 fully saturated rings. The summed E-state index contributed by atoms with van der Waals surface area (Å²) < 4.78 is 5.74. The fourth-order valence-corrected chi connectivity index (χ4v) is 5.17. The minimum Gasteiger partial charge on any atom is -0.468 e. The van der Waals surface area contributed by atoms with E-state index in [0.29, 0.717) is 6.04 Å². The first-order chi connectivity index (χ1) is 14.1. The largest absolute Gasteiger partial charge is 0.468 e. The second-order valence-corrected chi connectivity index (χ2v) is 9.03. The van der Waals surface area contributed by atoms with Gasteiger partial charge in [0.2, 0.25) is 5.91 Å². The molecule has 1 aromatic heterocycles. The molecule has 160 valence electrons. The van der Waals surface area contributed by atoms with E-state index in [-0.39, 0.29) is 18.5 Å². The van der Waals surface area contributed by atoms with Crippen LogP contribution < -0.4 is 10.6 Å². The molecule has 3 aliphatic rings. The van der Waals surface area contributed by atoms with Crippen LogP contribution in [0.1, 0.15) is 50.3 Å². The number of carbonyl (C=O) groups excluding carboxylic acids is 1. The van der Waals surface area contributed by atoms with Crippen molar-refractivity contribution in [3.8, 4) is 0 Å². The van der Waals surface area contributed by atoms with E-state index in [0.717, 1.165) is 43.2 Å². The summed E-state index contributed by atoms with van der Waals surface area (Å²) in [4.78, 5) is 20.8. The van der Waals surface area contributed by atoms with Gasteiger partial charge in [0, 0.05) is 26.7 Å². The molecule has 2 heterocycles. The molecule has 4 rings (SSSR count). The lowest BCUT2D eigenvalue weighted by atomic mass is 9.95. The molecular weight excluding hydrogens is 366 g/mol. The number of hydrogen-bond acceptors (Lipinski definition) is 4. The van der Waals surface area contributed by atoms with Crippen LogP contribution in [-0.2, 0) is 4.79 Å². The zero-order valence-corrected chi connectivity index (χ0v) is 17.8. The number of aliphatic imine (C=N–C) groups is 1. The van der Waals surface area contributed by atoms with Gasteiger partial charge < -0.3 is 20.0 Å². The standard InChI is InChI=1S/C22H35N5O2/c1-26(2)21(28)15-24-22(25-18-13-16-7-8-17(18)12-16)23-14-19(20-6-5-11-29-20)27-9-3-4-10-27/h5-6,11,16-19H,3-4,7-10,12-15H2,1-2H3,(H2,23,24,25). The number of carbonyl (C=O) groups is 1. The number of rotatable bonds is 7. The summed E-state index contributed by atoms with van der Waals surface area (Å²) >= 11 is 0. The first-order valence-electron chi connectivity index (χ1n) is 11.1. The number of nitrogens with zero attached hydrogens (tertiary/aromatic N) is 3. The van der Waals surface area contributed by atoms with Crippen molar-refractivity contribution in [3.63, 3.8) is 0 Å². The molecule has 0 radical (unpaired) electrons. The van der Waals surface area contributed by atoms with Gasteiger partial charge in [-0.05, 0) is 69.2 Å². The van der Waals surface area contributed by atoms with Crippen LogP contribution >= 0.6 is 0 Å². The van der Waals surface area contributed by atoms with Gasteiger partial charge in [0.05, 0.1) is 12.3 Å². The van der Waals surface area contributed by atoms with Crippen LogP contribution in [0.25, 0.3) is 0 Å².